The molecule has 0 saturated carbocycles. The van der Waals surface area contributed by atoms with Gasteiger partial charge in [0.15, 0.2) is 11.4 Å². The Bertz CT molecular complexity index is 2390. The first-order chi connectivity index (χ1) is 28.7. The van der Waals surface area contributed by atoms with Crippen molar-refractivity contribution in [2.24, 2.45) is 0 Å². The molecule has 4 heterocycles. The number of amides is 2. The minimum absolute atomic E-state index is 0.0531. The zero-order chi connectivity index (χ0) is 42.5. The summed E-state index contributed by atoms with van der Waals surface area (Å²) >= 11 is 16.0. The smallest absolute Gasteiger partial charge is 0.340 e. The van der Waals surface area contributed by atoms with Gasteiger partial charge in [0, 0.05) is 97.7 Å². The van der Waals surface area contributed by atoms with Crippen molar-refractivity contribution < 1.29 is 33.7 Å². The Labute approximate surface area is 371 Å². The van der Waals surface area contributed by atoms with E-state index >= 15 is 0 Å². The first-order valence-corrected chi connectivity index (χ1v) is 26.6. The summed E-state index contributed by atoms with van der Waals surface area (Å²) in [5.41, 5.74) is 3.24. The van der Waals surface area contributed by atoms with Crippen LogP contribution in [0.3, 0.4) is 0 Å². The molecule has 1 spiro atoms. The fourth-order valence-corrected chi connectivity index (χ4v) is 11.7. The lowest BCUT2D eigenvalue weighted by Gasteiger charge is -2.49. The number of hydrogen-bond acceptors (Lipinski definition) is 8. The third kappa shape index (κ3) is 8.18. The Morgan fingerprint density at radius 1 is 0.883 bits per heavy atom. The lowest BCUT2D eigenvalue weighted by molar-refractivity contribution is -0.139. The first-order valence-electron chi connectivity index (χ1n) is 20.4. The molecule has 1 saturated heterocycles. The maximum atomic E-state index is 13.7. The number of hydrogen-bond donors (Lipinski definition) is 1. The van der Waals surface area contributed by atoms with E-state index in [9.17, 15) is 19.5 Å². The highest BCUT2D eigenvalue weighted by molar-refractivity contribution is 9.40. The van der Waals surface area contributed by atoms with E-state index in [-0.39, 0.29) is 39.1 Å². The van der Waals surface area contributed by atoms with Crippen molar-refractivity contribution >= 4 is 76.6 Å². The van der Waals surface area contributed by atoms with Gasteiger partial charge in [0.05, 0.1) is 15.6 Å². The number of aromatic hydroxyl groups is 1. The highest BCUT2D eigenvalue weighted by atomic mass is 79.9. The second-order valence-corrected chi connectivity index (χ2v) is 25.7. The number of phenolic OH excluding ortho intramolecular Hbond substituents is 1. The average molecular weight is 956 g/mol. The van der Waals surface area contributed by atoms with E-state index < -0.39 is 17.5 Å². The number of anilines is 1. The van der Waals surface area contributed by atoms with Crippen molar-refractivity contribution in [3.8, 4) is 28.7 Å². The molecule has 0 bridgehead atoms. The number of carbonyl (C=O) groups is 3. The summed E-state index contributed by atoms with van der Waals surface area (Å²) in [7, 11) is 3.64. The van der Waals surface area contributed by atoms with Gasteiger partial charge in [0.25, 0.3) is 0 Å². The van der Waals surface area contributed by atoms with Crippen LogP contribution in [0.25, 0.3) is 0 Å². The van der Waals surface area contributed by atoms with Crippen LogP contribution >= 0.6 is 53.1 Å². The standard InChI is InChI=1S/C45H48BrCl2N3O7P2/c1-27-26-44(2,3)51(15-8-12-41(53)50-18-16-49(17-19-50)40(52)11-6-7-20-60(46)59)37-25-39-34(24-31(27)37)45(32-10-5-4-9-30(32)43(55)58-45)33-14-13-28(23-38(33)57-39)56-29-21-35(47)42(54)36(48)22-29/h4-5,9-10,13-14,21-25,27,54,59-60H,6-8,11-12,15-20,26H2,1-3H3. The number of fused-ring (bicyclic) bond motifs is 7. The predicted molar refractivity (Wildman–Crippen MR) is 244 cm³/mol. The maximum Gasteiger partial charge on any atom is 0.340 e. The molecule has 4 aromatic carbocycles. The van der Waals surface area contributed by atoms with Crippen molar-refractivity contribution in [1.29, 1.82) is 0 Å². The lowest BCUT2D eigenvalue weighted by atomic mass is 9.74. The molecule has 1 N–H and O–H groups in total. The van der Waals surface area contributed by atoms with E-state index in [1.54, 1.807) is 18.2 Å². The molecule has 3 unspecified atom stereocenters. The third-order valence-corrected chi connectivity index (χ3v) is 15.5. The number of carbonyl (C=O) groups excluding carboxylic acids is 3. The van der Waals surface area contributed by atoms with Crippen LogP contribution in [0.4, 0.5) is 5.69 Å². The second kappa shape index (κ2) is 17.2. The number of rotatable bonds is 11. The van der Waals surface area contributed by atoms with Crippen LogP contribution in [-0.2, 0) is 19.9 Å². The number of nitrogens with zero attached hydrogens (tertiary/aromatic N) is 3. The SMILES string of the molecule is CC1CC(C)(C)N(CCCC(=O)N2CCN(C(=O)CCCC[PH](=P)Br)CC2)c2cc3c(cc21)C1(OC(=O)c2ccccc21)c1ccc(Oc2cc(Cl)c(O)c(Cl)c2)cc1O3. The summed E-state index contributed by atoms with van der Waals surface area (Å²) in [5.74, 6) is 0.914. The largest absolute Gasteiger partial charge is 0.505 e. The summed E-state index contributed by atoms with van der Waals surface area (Å²) in [6.45, 7) is 9.61. The van der Waals surface area contributed by atoms with Gasteiger partial charge in [0.2, 0.25) is 11.8 Å². The van der Waals surface area contributed by atoms with E-state index in [0.717, 1.165) is 47.8 Å². The molecule has 15 heteroatoms. The van der Waals surface area contributed by atoms with Crippen LogP contribution in [0.5, 0.6) is 28.7 Å². The molecule has 0 aromatic heterocycles. The number of piperazine rings is 1. The molecule has 4 aromatic rings. The molecule has 0 aliphatic carbocycles. The topological polar surface area (TPSA) is 109 Å². The Kier molecular flexibility index (Phi) is 12.3. The summed E-state index contributed by atoms with van der Waals surface area (Å²) in [6, 6.07) is 20.0. The minimum Gasteiger partial charge on any atom is -0.505 e. The van der Waals surface area contributed by atoms with Crippen LogP contribution in [0.1, 0.15) is 97.8 Å². The predicted octanol–water partition coefficient (Wildman–Crippen LogP) is 11.4. The van der Waals surface area contributed by atoms with Crippen molar-refractivity contribution in [3.63, 3.8) is 0 Å². The van der Waals surface area contributed by atoms with Crippen LogP contribution in [-0.4, -0.2) is 77.1 Å². The molecular formula is C45H48BrCl2N3O7P2. The molecule has 3 atom stereocenters. The highest BCUT2D eigenvalue weighted by Gasteiger charge is 2.54. The highest BCUT2D eigenvalue weighted by Crippen LogP contribution is 2.59. The molecule has 8 rings (SSSR count). The maximum absolute atomic E-state index is 13.7. The average Bonchev–Trinajstić information content (AvgIpc) is 3.50. The van der Waals surface area contributed by atoms with E-state index in [1.165, 1.54) is 12.1 Å². The quantitative estimate of drug-likeness (QED) is 0.0900. The molecule has 316 valence electrons. The van der Waals surface area contributed by atoms with Gasteiger partial charge in [-0.1, -0.05) is 63.8 Å². The molecule has 0 radical (unpaired) electrons. The molecule has 60 heavy (non-hydrogen) atoms. The summed E-state index contributed by atoms with van der Waals surface area (Å²) in [4.78, 5) is 46.2. The molecule has 1 fully saturated rings. The van der Waals surface area contributed by atoms with Gasteiger partial charge in [-0.3, -0.25) is 9.59 Å². The van der Waals surface area contributed by atoms with E-state index in [1.807, 2.05) is 34.1 Å². The first kappa shape index (κ1) is 42.9. The summed E-state index contributed by atoms with van der Waals surface area (Å²) in [6.07, 6.45) is 5.46. The van der Waals surface area contributed by atoms with Crippen molar-refractivity contribution in [3.05, 3.63) is 105 Å². The molecular weight excluding hydrogens is 907 g/mol. The van der Waals surface area contributed by atoms with Gasteiger partial charge < -0.3 is 34.0 Å². The van der Waals surface area contributed by atoms with Gasteiger partial charge in [-0.05, 0) is 87.4 Å². The van der Waals surface area contributed by atoms with Gasteiger partial charge in [0.1, 0.15) is 23.0 Å². The minimum atomic E-state index is -1.28. The number of esters is 1. The van der Waals surface area contributed by atoms with E-state index in [4.69, 9.17) is 37.4 Å². The van der Waals surface area contributed by atoms with Gasteiger partial charge in [-0.15, -0.1) is 8.53 Å². The third-order valence-electron chi connectivity index (χ3n) is 12.2. The van der Waals surface area contributed by atoms with Crippen molar-refractivity contribution in [1.82, 2.24) is 9.80 Å². The summed E-state index contributed by atoms with van der Waals surface area (Å²) in [5, 5.41) is 10.2. The molecule has 4 aliphatic heterocycles. The number of ether oxygens (including phenoxy) is 3. The fourth-order valence-electron chi connectivity index (χ4n) is 9.32. The zero-order valence-corrected chi connectivity index (χ0v) is 38.9. The monoisotopic (exact) mass is 953 g/mol. The molecule has 4 aliphatic rings. The van der Waals surface area contributed by atoms with E-state index in [2.05, 4.69) is 61.8 Å². The zero-order valence-electron chi connectivity index (χ0n) is 33.8. The van der Waals surface area contributed by atoms with Crippen LogP contribution in [0.15, 0.2) is 66.7 Å². The normalized spacial score (nSPS) is 20.4. The van der Waals surface area contributed by atoms with E-state index in [0.29, 0.717) is 86.1 Å². The van der Waals surface area contributed by atoms with Gasteiger partial charge in [-0.25, -0.2) is 4.79 Å². The van der Waals surface area contributed by atoms with Crippen LogP contribution < -0.4 is 14.4 Å². The second-order valence-electron chi connectivity index (χ2n) is 16.7. The number of halogens is 3. The number of benzene rings is 4. The van der Waals surface area contributed by atoms with Crippen molar-refractivity contribution in [2.75, 3.05) is 43.8 Å². The molecule has 10 nitrogen and oxygen atoms in total. The van der Waals surface area contributed by atoms with Crippen LogP contribution in [0.2, 0.25) is 10.0 Å². The Morgan fingerprint density at radius 2 is 1.53 bits per heavy atom. The Balaban J connectivity index is 1.05. The number of phenols is 1. The van der Waals surface area contributed by atoms with Crippen LogP contribution in [0, 0.1) is 0 Å². The Hall–Kier alpha value is -3.72. The Morgan fingerprint density at radius 3 is 2.22 bits per heavy atom. The fraction of sp³-hybridized carbons (Fsp3) is 0.400. The van der Waals surface area contributed by atoms with Gasteiger partial charge >= 0.3 is 5.97 Å². The molecule has 2 amide bonds. The summed E-state index contributed by atoms with van der Waals surface area (Å²) < 4.78 is 19.4. The lowest BCUT2D eigenvalue weighted by Crippen LogP contribution is -2.51. The van der Waals surface area contributed by atoms with Crippen molar-refractivity contribution in [2.45, 2.75) is 76.4 Å². The number of unbranched alkanes of at least 4 members (excludes halogenated alkanes) is 1. The van der Waals surface area contributed by atoms with Gasteiger partial charge in [-0.2, -0.15) is 0 Å².